The van der Waals surface area contributed by atoms with Gasteiger partial charge in [0.25, 0.3) is 5.91 Å². The van der Waals surface area contributed by atoms with Gasteiger partial charge in [-0.25, -0.2) is 0 Å². The van der Waals surface area contributed by atoms with E-state index in [1.165, 1.54) is 0 Å². The minimum atomic E-state index is -0.309. The molecule has 0 atom stereocenters. The SMILES string of the molecule is CCOc1ccc(NC(=O)C(C#N)=C2CCC(C)CC2)cc1. The van der Waals surface area contributed by atoms with Crippen molar-refractivity contribution in [2.45, 2.75) is 39.5 Å². The quantitative estimate of drug-likeness (QED) is 0.673. The van der Waals surface area contributed by atoms with E-state index in [2.05, 4.69) is 18.3 Å². The van der Waals surface area contributed by atoms with E-state index in [0.29, 0.717) is 18.2 Å². The molecular formula is C18H22N2O2. The highest BCUT2D eigenvalue weighted by Crippen LogP contribution is 2.30. The summed E-state index contributed by atoms with van der Waals surface area (Å²) in [5.74, 6) is 1.13. The summed E-state index contributed by atoms with van der Waals surface area (Å²) in [4.78, 5) is 12.3. The largest absolute Gasteiger partial charge is 0.494 e. The molecule has 4 nitrogen and oxygen atoms in total. The standard InChI is InChI=1S/C18H22N2O2/c1-3-22-16-10-8-15(9-11-16)20-18(21)17(12-19)14-6-4-13(2)5-7-14/h8-11,13H,3-7H2,1-2H3,(H,20,21). The number of allylic oxidation sites excluding steroid dienone is 1. The van der Waals surface area contributed by atoms with Crippen molar-refractivity contribution in [1.82, 2.24) is 0 Å². The summed E-state index contributed by atoms with van der Waals surface area (Å²) in [5, 5.41) is 12.1. The van der Waals surface area contributed by atoms with Gasteiger partial charge >= 0.3 is 0 Å². The second kappa shape index (κ2) is 7.65. The van der Waals surface area contributed by atoms with Crippen LogP contribution in [0.1, 0.15) is 39.5 Å². The van der Waals surface area contributed by atoms with Crippen LogP contribution in [0, 0.1) is 17.2 Å². The van der Waals surface area contributed by atoms with Crippen LogP contribution in [0.3, 0.4) is 0 Å². The lowest BCUT2D eigenvalue weighted by Gasteiger charge is -2.21. The number of nitrogens with zero attached hydrogens (tertiary/aromatic N) is 1. The summed E-state index contributed by atoms with van der Waals surface area (Å²) >= 11 is 0. The molecule has 1 amide bonds. The van der Waals surface area contributed by atoms with Crippen LogP contribution >= 0.6 is 0 Å². The van der Waals surface area contributed by atoms with Crippen molar-refractivity contribution in [3.8, 4) is 11.8 Å². The first-order valence-electron chi connectivity index (χ1n) is 7.80. The molecule has 0 heterocycles. The molecule has 0 unspecified atom stereocenters. The summed E-state index contributed by atoms with van der Waals surface area (Å²) in [6.45, 7) is 4.74. The van der Waals surface area contributed by atoms with Gasteiger partial charge in [0.05, 0.1) is 6.61 Å². The van der Waals surface area contributed by atoms with Crippen LogP contribution in [0.25, 0.3) is 0 Å². The fourth-order valence-electron chi connectivity index (χ4n) is 2.65. The second-order valence-corrected chi connectivity index (χ2v) is 5.68. The van der Waals surface area contributed by atoms with Gasteiger partial charge in [-0.05, 0) is 68.4 Å². The first-order valence-corrected chi connectivity index (χ1v) is 7.80. The summed E-state index contributed by atoms with van der Waals surface area (Å²) in [6.07, 6.45) is 3.80. The van der Waals surface area contributed by atoms with Gasteiger partial charge in [-0.1, -0.05) is 6.92 Å². The number of carbonyl (C=O) groups excluding carboxylic acids is 1. The van der Waals surface area contributed by atoms with Gasteiger partial charge in [0.15, 0.2) is 0 Å². The smallest absolute Gasteiger partial charge is 0.266 e. The molecule has 116 valence electrons. The van der Waals surface area contributed by atoms with Gasteiger partial charge in [-0.15, -0.1) is 0 Å². The summed E-state index contributed by atoms with van der Waals surface area (Å²) in [5.41, 5.74) is 1.94. The third kappa shape index (κ3) is 4.11. The van der Waals surface area contributed by atoms with Crippen molar-refractivity contribution in [2.75, 3.05) is 11.9 Å². The Balaban J connectivity index is 2.06. The lowest BCUT2D eigenvalue weighted by molar-refractivity contribution is -0.112. The lowest BCUT2D eigenvalue weighted by atomic mass is 9.85. The van der Waals surface area contributed by atoms with Crippen molar-refractivity contribution >= 4 is 11.6 Å². The number of hydrogen-bond donors (Lipinski definition) is 1. The van der Waals surface area contributed by atoms with E-state index in [9.17, 15) is 10.1 Å². The number of benzene rings is 1. The third-order valence-electron chi connectivity index (χ3n) is 3.99. The number of amides is 1. The van der Waals surface area contributed by atoms with Crippen molar-refractivity contribution < 1.29 is 9.53 Å². The zero-order valence-corrected chi connectivity index (χ0v) is 13.2. The van der Waals surface area contributed by atoms with Gasteiger partial charge in [0.2, 0.25) is 0 Å². The van der Waals surface area contributed by atoms with E-state index < -0.39 is 0 Å². The molecule has 0 spiro atoms. The minimum Gasteiger partial charge on any atom is -0.494 e. The van der Waals surface area contributed by atoms with Crippen LogP contribution in [0.2, 0.25) is 0 Å². The first kappa shape index (κ1) is 16.1. The Labute approximate surface area is 131 Å². The van der Waals surface area contributed by atoms with E-state index in [0.717, 1.165) is 37.0 Å². The van der Waals surface area contributed by atoms with E-state index in [4.69, 9.17) is 4.74 Å². The highest BCUT2D eigenvalue weighted by atomic mass is 16.5. The summed E-state index contributed by atoms with van der Waals surface area (Å²) in [6, 6.07) is 9.26. The molecule has 22 heavy (non-hydrogen) atoms. The Morgan fingerprint density at radius 2 is 1.95 bits per heavy atom. The maximum atomic E-state index is 12.3. The van der Waals surface area contributed by atoms with Crippen LogP contribution in [-0.4, -0.2) is 12.5 Å². The fraction of sp³-hybridized carbons (Fsp3) is 0.444. The molecule has 0 aliphatic heterocycles. The molecule has 2 rings (SSSR count). The predicted molar refractivity (Wildman–Crippen MR) is 86.5 cm³/mol. The molecule has 0 radical (unpaired) electrons. The first-order chi connectivity index (χ1) is 10.6. The number of nitrogens with one attached hydrogen (secondary N) is 1. The maximum absolute atomic E-state index is 12.3. The number of rotatable bonds is 4. The van der Waals surface area contributed by atoms with Gasteiger partial charge in [-0.3, -0.25) is 4.79 Å². The topological polar surface area (TPSA) is 62.1 Å². The Bertz CT molecular complexity index is 587. The third-order valence-corrected chi connectivity index (χ3v) is 3.99. The maximum Gasteiger partial charge on any atom is 0.266 e. The minimum absolute atomic E-state index is 0.279. The molecule has 1 N–H and O–H groups in total. The number of anilines is 1. The van der Waals surface area contributed by atoms with Crippen molar-refractivity contribution in [2.24, 2.45) is 5.92 Å². The average molecular weight is 298 g/mol. The molecule has 1 aromatic rings. The Morgan fingerprint density at radius 3 is 2.50 bits per heavy atom. The van der Waals surface area contributed by atoms with E-state index in [-0.39, 0.29) is 11.5 Å². The zero-order valence-electron chi connectivity index (χ0n) is 13.2. The number of nitriles is 1. The summed E-state index contributed by atoms with van der Waals surface area (Å²) < 4.78 is 5.37. The van der Waals surface area contributed by atoms with Gasteiger partial charge < -0.3 is 10.1 Å². The molecule has 0 bridgehead atoms. The highest BCUT2D eigenvalue weighted by molar-refractivity contribution is 6.07. The van der Waals surface area contributed by atoms with Crippen molar-refractivity contribution in [3.63, 3.8) is 0 Å². The van der Waals surface area contributed by atoms with Crippen LogP contribution in [0.4, 0.5) is 5.69 Å². The predicted octanol–water partition coefficient (Wildman–Crippen LogP) is 4.05. The Kier molecular flexibility index (Phi) is 5.60. The number of hydrogen-bond acceptors (Lipinski definition) is 3. The molecule has 4 heteroatoms. The Morgan fingerprint density at radius 1 is 1.32 bits per heavy atom. The molecule has 1 aliphatic carbocycles. The Hall–Kier alpha value is -2.28. The fourth-order valence-corrected chi connectivity index (χ4v) is 2.65. The number of ether oxygens (including phenoxy) is 1. The monoisotopic (exact) mass is 298 g/mol. The van der Waals surface area contributed by atoms with Gasteiger partial charge in [0, 0.05) is 5.69 Å². The molecule has 0 aromatic heterocycles. The van der Waals surface area contributed by atoms with Crippen LogP contribution in [-0.2, 0) is 4.79 Å². The van der Waals surface area contributed by atoms with Crippen LogP contribution in [0.15, 0.2) is 35.4 Å². The molecule has 1 fully saturated rings. The van der Waals surface area contributed by atoms with Crippen molar-refractivity contribution in [1.29, 1.82) is 5.26 Å². The average Bonchev–Trinajstić information content (AvgIpc) is 2.52. The van der Waals surface area contributed by atoms with E-state index in [1.807, 2.05) is 6.92 Å². The van der Waals surface area contributed by atoms with Crippen LogP contribution in [0.5, 0.6) is 5.75 Å². The molecule has 1 aromatic carbocycles. The zero-order chi connectivity index (χ0) is 15.9. The highest BCUT2D eigenvalue weighted by Gasteiger charge is 2.20. The summed E-state index contributed by atoms with van der Waals surface area (Å²) in [7, 11) is 0. The van der Waals surface area contributed by atoms with Crippen molar-refractivity contribution in [3.05, 3.63) is 35.4 Å². The molecule has 0 saturated heterocycles. The van der Waals surface area contributed by atoms with Gasteiger partial charge in [-0.2, -0.15) is 5.26 Å². The number of carbonyl (C=O) groups is 1. The second-order valence-electron chi connectivity index (χ2n) is 5.68. The van der Waals surface area contributed by atoms with E-state index in [1.54, 1.807) is 24.3 Å². The lowest BCUT2D eigenvalue weighted by Crippen LogP contribution is -2.17. The van der Waals surface area contributed by atoms with E-state index >= 15 is 0 Å². The normalized spacial score (nSPS) is 17.5. The van der Waals surface area contributed by atoms with Crippen LogP contribution < -0.4 is 10.1 Å². The molecular weight excluding hydrogens is 276 g/mol. The molecule has 1 saturated carbocycles. The van der Waals surface area contributed by atoms with Gasteiger partial charge in [0.1, 0.15) is 17.4 Å². The molecule has 1 aliphatic rings.